The maximum absolute atomic E-state index is 16.4. The average Bonchev–Trinajstić information content (AvgIpc) is 3.23. The number of carbonyl (C=O) groups excluding carboxylic acids is 3. The van der Waals surface area contributed by atoms with Crippen LogP contribution in [0.3, 0.4) is 0 Å². The minimum Gasteiger partial charge on any atom is -0.490 e. The van der Waals surface area contributed by atoms with Gasteiger partial charge in [-0.2, -0.15) is 0 Å². The lowest BCUT2D eigenvalue weighted by molar-refractivity contribution is -0.132. The molecule has 3 aliphatic heterocycles. The quantitative estimate of drug-likeness (QED) is 0.330. The summed E-state index contributed by atoms with van der Waals surface area (Å²) in [6, 6.07) is 14.2. The molecule has 11 heteroatoms. The Morgan fingerprint density at radius 1 is 1.07 bits per heavy atom. The van der Waals surface area contributed by atoms with E-state index >= 15 is 4.39 Å². The molecule has 2 N–H and O–H groups in total. The molecule has 1 spiro atoms. The summed E-state index contributed by atoms with van der Waals surface area (Å²) in [5.74, 6) is -1.85. The van der Waals surface area contributed by atoms with Crippen molar-refractivity contribution in [2.75, 3.05) is 18.4 Å². The van der Waals surface area contributed by atoms with Crippen LogP contribution in [0, 0.1) is 5.82 Å². The van der Waals surface area contributed by atoms with Crippen molar-refractivity contribution >= 4 is 62.5 Å². The lowest BCUT2D eigenvalue weighted by atomic mass is 9.59. The van der Waals surface area contributed by atoms with Gasteiger partial charge in [0.1, 0.15) is 23.1 Å². The third kappa shape index (κ3) is 4.85. The van der Waals surface area contributed by atoms with E-state index in [1.807, 2.05) is 6.07 Å². The van der Waals surface area contributed by atoms with Crippen molar-refractivity contribution in [3.63, 3.8) is 0 Å². The lowest BCUT2D eigenvalue weighted by Gasteiger charge is -2.47. The van der Waals surface area contributed by atoms with E-state index in [0.29, 0.717) is 52.8 Å². The molecule has 2 saturated heterocycles. The molecule has 0 aromatic heterocycles. The summed E-state index contributed by atoms with van der Waals surface area (Å²) in [6.07, 6.45) is 0.807. The molecular weight excluding hydrogens is 648 g/mol. The van der Waals surface area contributed by atoms with E-state index in [9.17, 15) is 14.4 Å². The Morgan fingerprint density at radius 3 is 2.52 bits per heavy atom. The highest BCUT2D eigenvalue weighted by Crippen LogP contribution is 2.59. The van der Waals surface area contributed by atoms with Gasteiger partial charge in [0.05, 0.1) is 16.1 Å². The van der Waals surface area contributed by atoms with Gasteiger partial charge in [-0.15, -0.1) is 0 Å². The molecule has 3 aliphatic rings. The molecule has 0 unspecified atom stereocenters. The summed E-state index contributed by atoms with van der Waals surface area (Å²) in [7, 11) is 0. The van der Waals surface area contributed by atoms with E-state index in [1.165, 1.54) is 6.92 Å². The number of rotatable bonds is 4. The molecule has 3 amide bonds. The first-order chi connectivity index (χ1) is 20.1. The van der Waals surface area contributed by atoms with Gasteiger partial charge in [0.15, 0.2) is 0 Å². The van der Waals surface area contributed by atoms with Gasteiger partial charge in [0.2, 0.25) is 17.7 Å². The van der Waals surface area contributed by atoms with Crippen LogP contribution < -0.4 is 15.4 Å². The number of hydrogen-bond acceptors (Lipinski definition) is 4. The number of carbonyl (C=O) groups is 3. The van der Waals surface area contributed by atoms with E-state index in [0.717, 1.165) is 0 Å². The largest absolute Gasteiger partial charge is 0.490 e. The SMILES string of the molecule is CC(=O)N1CCC(Oc2ccc(Br)c(F)c2[C@H]2NC(=O)C[C@@H](c3cccc(Cl)c3)[C@]23C(=O)Nc2cc(Cl)ccc23)CC1. The van der Waals surface area contributed by atoms with Crippen LogP contribution in [0.1, 0.15) is 54.8 Å². The third-order valence-corrected chi connectivity index (χ3v) is 9.65. The topological polar surface area (TPSA) is 87.7 Å². The molecule has 0 aliphatic carbocycles. The van der Waals surface area contributed by atoms with Crippen LogP contribution in [0.25, 0.3) is 0 Å². The number of fused-ring (bicyclic) bond motifs is 2. The van der Waals surface area contributed by atoms with E-state index in [4.69, 9.17) is 27.9 Å². The Hall–Kier alpha value is -3.14. The van der Waals surface area contributed by atoms with Crippen molar-refractivity contribution in [3.05, 3.63) is 91.6 Å². The number of nitrogens with zero attached hydrogens (tertiary/aromatic N) is 1. The highest BCUT2D eigenvalue weighted by molar-refractivity contribution is 9.10. The van der Waals surface area contributed by atoms with Crippen molar-refractivity contribution < 1.29 is 23.5 Å². The Kier molecular flexibility index (Phi) is 7.70. The number of halogens is 4. The monoisotopic (exact) mass is 673 g/mol. The fourth-order valence-corrected chi connectivity index (χ4v) is 7.35. The van der Waals surface area contributed by atoms with Gasteiger partial charge in [-0.1, -0.05) is 41.4 Å². The molecule has 3 aromatic rings. The first kappa shape index (κ1) is 29.0. The number of piperidine rings is 2. The molecular formula is C31H27BrCl2FN3O4. The highest BCUT2D eigenvalue weighted by atomic mass is 79.9. The molecule has 3 atom stereocenters. The summed E-state index contributed by atoms with van der Waals surface area (Å²) < 4.78 is 23.0. The number of benzene rings is 3. The van der Waals surface area contributed by atoms with Gasteiger partial charge in [-0.3, -0.25) is 14.4 Å². The van der Waals surface area contributed by atoms with Crippen molar-refractivity contribution in [1.29, 1.82) is 0 Å². The maximum Gasteiger partial charge on any atom is 0.238 e. The third-order valence-electron chi connectivity index (χ3n) is 8.56. The Balaban J connectivity index is 1.53. The van der Waals surface area contributed by atoms with Crippen molar-refractivity contribution in [3.8, 4) is 5.75 Å². The lowest BCUT2D eigenvalue weighted by Crippen LogP contribution is -2.57. The fourth-order valence-electron chi connectivity index (χ4n) is 6.63. The smallest absolute Gasteiger partial charge is 0.238 e. The van der Waals surface area contributed by atoms with Crippen LogP contribution in [-0.2, 0) is 19.8 Å². The van der Waals surface area contributed by atoms with Crippen molar-refractivity contribution in [2.24, 2.45) is 0 Å². The molecule has 7 nitrogen and oxygen atoms in total. The first-order valence-corrected chi connectivity index (χ1v) is 15.2. The van der Waals surface area contributed by atoms with E-state index in [2.05, 4.69) is 26.6 Å². The normalized spacial score (nSPS) is 23.9. The number of likely N-dealkylation sites (tertiary alicyclic amines) is 1. The molecule has 0 bridgehead atoms. The summed E-state index contributed by atoms with van der Waals surface area (Å²) in [4.78, 5) is 41.3. The minimum atomic E-state index is -1.46. The van der Waals surface area contributed by atoms with Gasteiger partial charge >= 0.3 is 0 Å². The highest BCUT2D eigenvalue weighted by Gasteiger charge is 2.62. The van der Waals surface area contributed by atoms with Gasteiger partial charge in [0.25, 0.3) is 0 Å². The molecule has 2 fully saturated rings. The van der Waals surface area contributed by atoms with Gasteiger partial charge in [0, 0.05) is 60.9 Å². The Bertz CT molecular complexity index is 1610. The summed E-state index contributed by atoms with van der Waals surface area (Å²) >= 11 is 16.0. The van der Waals surface area contributed by atoms with Gasteiger partial charge < -0.3 is 20.3 Å². The predicted molar refractivity (Wildman–Crippen MR) is 161 cm³/mol. The summed E-state index contributed by atoms with van der Waals surface area (Å²) in [5.41, 5.74) is 0.365. The number of amides is 3. The Morgan fingerprint density at radius 2 is 1.81 bits per heavy atom. The number of nitrogens with one attached hydrogen (secondary N) is 2. The summed E-state index contributed by atoms with van der Waals surface area (Å²) in [6.45, 7) is 2.57. The zero-order chi connectivity index (χ0) is 29.8. The molecule has 42 heavy (non-hydrogen) atoms. The molecule has 6 rings (SSSR count). The summed E-state index contributed by atoms with van der Waals surface area (Å²) in [5, 5.41) is 6.81. The number of hydrogen-bond donors (Lipinski definition) is 2. The molecule has 218 valence electrons. The van der Waals surface area contributed by atoms with Crippen LogP contribution >= 0.6 is 39.1 Å². The van der Waals surface area contributed by atoms with E-state index in [-0.39, 0.29) is 40.1 Å². The first-order valence-electron chi connectivity index (χ1n) is 13.7. The van der Waals surface area contributed by atoms with Crippen molar-refractivity contribution in [1.82, 2.24) is 10.2 Å². The zero-order valence-electron chi connectivity index (χ0n) is 22.6. The van der Waals surface area contributed by atoms with Crippen LogP contribution in [-0.4, -0.2) is 41.8 Å². The van der Waals surface area contributed by atoms with Crippen molar-refractivity contribution in [2.45, 2.75) is 49.7 Å². The van der Waals surface area contributed by atoms with Gasteiger partial charge in [-0.05, 0) is 63.5 Å². The fraction of sp³-hybridized carbons (Fsp3) is 0.323. The molecule has 0 radical (unpaired) electrons. The zero-order valence-corrected chi connectivity index (χ0v) is 25.7. The van der Waals surface area contributed by atoms with E-state index in [1.54, 1.807) is 53.4 Å². The van der Waals surface area contributed by atoms with Crippen LogP contribution in [0.4, 0.5) is 10.1 Å². The van der Waals surface area contributed by atoms with Crippen LogP contribution in [0.2, 0.25) is 10.0 Å². The minimum absolute atomic E-state index is 0.00578. The van der Waals surface area contributed by atoms with E-state index < -0.39 is 29.1 Å². The maximum atomic E-state index is 16.4. The molecule has 3 heterocycles. The second-order valence-electron chi connectivity index (χ2n) is 10.9. The predicted octanol–water partition coefficient (Wildman–Crippen LogP) is 6.52. The average molecular weight is 675 g/mol. The van der Waals surface area contributed by atoms with Crippen LogP contribution in [0.5, 0.6) is 5.75 Å². The Labute approximate surface area is 260 Å². The number of ether oxygens (including phenoxy) is 1. The molecule has 3 aromatic carbocycles. The van der Waals surface area contributed by atoms with Crippen LogP contribution in [0.15, 0.2) is 59.1 Å². The second kappa shape index (κ2) is 11.2. The second-order valence-corrected chi connectivity index (χ2v) is 12.6. The van der Waals surface area contributed by atoms with Gasteiger partial charge in [-0.25, -0.2) is 4.39 Å². The standard InChI is InChI=1S/C31H27BrCl2FN3O4/c1-16(39)38-11-9-20(10-12-38)42-25-8-7-23(32)28(35)27(25)29-31(21-6-5-19(34)14-24(21)36-30(31)41)22(15-26(40)37-29)17-3-2-4-18(33)13-17/h2-8,13-14,20,22,29H,9-12,15H2,1H3,(H,36,41)(H,37,40)/t22-,29+,31-/m0/s1. The molecule has 0 saturated carbocycles. The number of anilines is 1.